The zero-order chi connectivity index (χ0) is 9.42. The molecule has 0 radical (unpaired) electrons. The molecule has 0 aliphatic rings. The third kappa shape index (κ3) is 1.43. The van der Waals surface area contributed by atoms with Gasteiger partial charge in [-0.2, -0.15) is 0 Å². The molecule has 0 spiro atoms. The highest BCUT2D eigenvalue weighted by Gasteiger charge is 2.05. The summed E-state index contributed by atoms with van der Waals surface area (Å²) >= 11 is 5.66. The maximum atomic E-state index is 10.5. The minimum absolute atomic E-state index is 0.0256. The van der Waals surface area contributed by atoms with E-state index in [-0.39, 0.29) is 5.75 Å². The third-order valence-electron chi connectivity index (χ3n) is 1.78. The Labute approximate surface area is 84.2 Å². The van der Waals surface area contributed by atoms with Crippen LogP contribution in [0.5, 0.6) is 5.75 Å². The van der Waals surface area contributed by atoms with Crippen molar-refractivity contribution in [2.75, 3.05) is 0 Å². The molecule has 13 heavy (non-hydrogen) atoms. The van der Waals surface area contributed by atoms with Crippen LogP contribution in [0.3, 0.4) is 0 Å². The lowest BCUT2D eigenvalue weighted by molar-refractivity contribution is 0.112. The highest BCUT2D eigenvalue weighted by atomic mass is 32.2. The van der Waals surface area contributed by atoms with Crippen molar-refractivity contribution in [1.82, 2.24) is 0 Å². The summed E-state index contributed by atoms with van der Waals surface area (Å²) in [6.07, 6.45) is 0.643. The monoisotopic (exact) mass is 210 g/mol. The Morgan fingerprint density at radius 2 is 2.15 bits per heavy atom. The molecule has 0 unspecified atom stereocenters. The molecule has 0 aliphatic heterocycles. The first-order valence-electron chi connectivity index (χ1n) is 3.61. The molecule has 1 aromatic heterocycles. The molecule has 1 N–H and O–H groups in total. The number of aldehydes is 1. The van der Waals surface area contributed by atoms with Crippen LogP contribution < -0.4 is 0 Å². The zero-order valence-corrected chi connectivity index (χ0v) is 8.23. The van der Waals surface area contributed by atoms with Gasteiger partial charge in [0.05, 0.1) is 9.77 Å². The van der Waals surface area contributed by atoms with Crippen molar-refractivity contribution in [2.45, 2.75) is 4.21 Å². The summed E-state index contributed by atoms with van der Waals surface area (Å²) in [5, 5.41) is 10.3. The van der Waals surface area contributed by atoms with Crippen molar-refractivity contribution in [3.8, 4) is 5.75 Å². The molecule has 0 atom stereocenters. The summed E-state index contributed by atoms with van der Waals surface area (Å²) in [6, 6.07) is 5.12. The average molecular weight is 210 g/mol. The smallest absolute Gasteiger partial charge is 0.153 e. The number of carbonyl (C=O) groups is 1. The maximum absolute atomic E-state index is 10.5. The number of aromatic hydroxyl groups is 1. The van der Waals surface area contributed by atoms with Crippen LogP contribution in [0.1, 0.15) is 10.4 Å². The number of fused-ring (bicyclic) bond motifs is 1. The number of benzene rings is 1. The first kappa shape index (κ1) is 8.59. The number of phenolic OH excluding ortho intramolecular Hbond substituents is 1. The number of thiophene rings is 1. The molecule has 0 fully saturated rings. The van der Waals surface area contributed by atoms with Crippen LogP contribution in [-0.4, -0.2) is 11.4 Å². The normalized spacial score (nSPS) is 10.5. The van der Waals surface area contributed by atoms with E-state index in [0.29, 0.717) is 11.8 Å². The molecule has 0 aliphatic carbocycles. The van der Waals surface area contributed by atoms with E-state index in [9.17, 15) is 9.90 Å². The summed E-state index contributed by atoms with van der Waals surface area (Å²) in [5.74, 6) is 0.0256. The molecule has 66 valence electrons. The zero-order valence-electron chi connectivity index (χ0n) is 6.52. The minimum Gasteiger partial charge on any atom is -0.507 e. The van der Waals surface area contributed by atoms with Gasteiger partial charge in [-0.1, -0.05) is 0 Å². The van der Waals surface area contributed by atoms with Gasteiger partial charge in [0.2, 0.25) is 0 Å². The van der Waals surface area contributed by atoms with Gasteiger partial charge in [-0.05, 0) is 23.6 Å². The lowest BCUT2D eigenvalue weighted by Gasteiger charge is -1.95. The molecular formula is C9H6O2S2. The summed E-state index contributed by atoms with van der Waals surface area (Å²) in [5.41, 5.74) is 0.318. The van der Waals surface area contributed by atoms with E-state index in [1.165, 1.54) is 11.3 Å². The van der Waals surface area contributed by atoms with Gasteiger partial charge in [-0.15, -0.1) is 24.0 Å². The van der Waals surface area contributed by atoms with Gasteiger partial charge in [0.25, 0.3) is 0 Å². The fourth-order valence-electron chi connectivity index (χ4n) is 1.17. The molecule has 0 amide bonds. The van der Waals surface area contributed by atoms with Crippen molar-refractivity contribution in [3.63, 3.8) is 0 Å². The Morgan fingerprint density at radius 1 is 1.38 bits per heavy atom. The van der Waals surface area contributed by atoms with Gasteiger partial charge >= 0.3 is 0 Å². The number of hydrogen-bond donors (Lipinski definition) is 2. The molecule has 2 nitrogen and oxygen atoms in total. The molecule has 4 heteroatoms. The fourth-order valence-corrected chi connectivity index (χ4v) is 2.43. The highest BCUT2D eigenvalue weighted by Crippen LogP contribution is 2.32. The van der Waals surface area contributed by atoms with E-state index in [1.807, 2.05) is 6.07 Å². The number of carbonyl (C=O) groups excluding carboxylic acids is 1. The molecule has 0 saturated heterocycles. The van der Waals surface area contributed by atoms with Crippen LogP contribution >= 0.6 is 24.0 Å². The first-order chi connectivity index (χ1) is 6.20. The number of rotatable bonds is 1. The first-order valence-corrected chi connectivity index (χ1v) is 4.88. The van der Waals surface area contributed by atoms with Crippen molar-refractivity contribution >= 4 is 40.3 Å². The predicted octanol–water partition coefficient (Wildman–Crippen LogP) is 2.71. The third-order valence-corrected chi connectivity index (χ3v) is 3.08. The van der Waals surface area contributed by atoms with Gasteiger partial charge in [-0.3, -0.25) is 4.79 Å². The van der Waals surface area contributed by atoms with Crippen LogP contribution in [0.2, 0.25) is 0 Å². The molecule has 1 aromatic carbocycles. The van der Waals surface area contributed by atoms with E-state index in [4.69, 9.17) is 0 Å². The van der Waals surface area contributed by atoms with Crippen molar-refractivity contribution in [2.24, 2.45) is 0 Å². The molecule has 0 saturated carbocycles. The quantitative estimate of drug-likeness (QED) is 0.561. The van der Waals surface area contributed by atoms with Crippen LogP contribution in [0.15, 0.2) is 22.4 Å². The second kappa shape index (κ2) is 3.05. The molecule has 2 rings (SSSR count). The van der Waals surface area contributed by atoms with Gasteiger partial charge < -0.3 is 5.11 Å². The van der Waals surface area contributed by atoms with Gasteiger partial charge in [0.1, 0.15) is 5.75 Å². The second-order valence-corrected chi connectivity index (χ2v) is 4.52. The summed E-state index contributed by atoms with van der Waals surface area (Å²) in [4.78, 5) is 10.5. The average Bonchev–Trinajstić information content (AvgIpc) is 2.42. The summed E-state index contributed by atoms with van der Waals surface area (Å²) < 4.78 is 1.81. The van der Waals surface area contributed by atoms with Gasteiger partial charge in [0, 0.05) is 4.70 Å². The van der Waals surface area contributed by atoms with E-state index in [2.05, 4.69) is 12.6 Å². The Morgan fingerprint density at radius 3 is 2.85 bits per heavy atom. The minimum atomic E-state index is 0.0256. The van der Waals surface area contributed by atoms with Gasteiger partial charge in [-0.25, -0.2) is 0 Å². The lowest BCUT2D eigenvalue weighted by Crippen LogP contribution is -1.79. The van der Waals surface area contributed by atoms with Crippen LogP contribution in [-0.2, 0) is 0 Å². The fraction of sp³-hybridized carbons (Fsp3) is 0. The molecular weight excluding hydrogens is 204 g/mol. The highest BCUT2D eigenvalue weighted by molar-refractivity contribution is 7.83. The Bertz CT molecular complexity index is 474. The largest absolute Gasteiger partial charge is 0.507 e. The SMILES string of the molecule is O=Cc1cc2cc(S)sc2cc1O. The molecule has 1 heterocycles. The van der Waals surface area contributed by atoms with E-state index < -0.39 is 0 Å². The van der Waals surface area contributed by atoms with Crippen LogP contribution in [0, 0.1) is 0 Å². The van der Waals surface area contributed by atoms with Crippen molar-refractivity contribution in [3.05, 3.63) is 23.8 Å². The van der Waals surface area contributed by atoms with Crippen molar-refractivity contribution in [1.29, 1.82) is 0 Å². The van der Waals surface area contributed by atoms with E-state index >= 15 is 0 Å². The van der Waals surface area contributed by atoms with E-state index in [0.717, 1.165) is 14.3 Å². The van der Waals surface area contributed by atoms with Crippen molar-refractivity contribution < 1.29 is 9.90 Å². The Kier molecular flexibility index (Phi) is 2.01. The van der Waals surface area contributed by atoms with Crippen LogP contribution in [0.4, 0.5) is 0 Å². The van der Waals surface area contributed by atoms with Gasteiger partial charge in [0.15, 0.2) is 6.29 Å². The second-order valence-electron chi connectivity index (χ2n) is 2.65. The molecule has 2 aromatic rings. The standard InChI is InChI=1S/C9H6O2S2/c10-4-6-1-5-2-9(12)13-8(5)3-7(6)11/h1-4,11-12H. The molecule has 0 bridgehead atoms. The summed E-state index contributed by atoms with van der Waals surface area (Å²) in [7, 11) is 0. The number of thiol groups is 1. The summed E-state index contributed by atoms with van der Waals surface area (Å²) in [6.45, 7) is 0. The number of phenols is 1. The lowest BCUT2D eigenvalue weighted by atomic mass is 10.1. The van der Waals surface area contributed by atoms with E-state index in [1.54, 1.807) is 12.1 Å². The topological polar surface area (TPSA) is 37.3 Å². The predicted molar refractivity (Wildman–Crippen MR) is 56.1 cm³/mol. The Balaban J connectivity index is 2.79. The van der Waals surface area contributed by atoms with Crippen LogP contribution in [0.25, 0.3) is 10.1 Å². The Hall–Kier alpha value is -1.00. The number of hydrogen-bond acceptors (Lipinski definition) is 4. The maximum Gasteiger partial charge on any atom is 0.153 e.